The van der Waals surface area contributed by atoms with E-state index in [2.05, 4.69) is 27.7 Å². The molecule has 0 aromatic heterocycles. The molecule has 0 spiro atoms. The molecule has 0 saturated heterocycles. The third kappa shape index (κ3) is 18.6. The summed E-state index contributed by atoms with van der Waals surface area (Å²) in [6.45, 7) is 12.5. The number of hydrogen-bond donors (Lipinski definition) is 0. The van der Waals surface area contributed by atoms with E-state index in [-0.39, 0.29) is 5.92 Å². The monoisotopic (exact) mass is 1100 g/mol. The van der Waals surface area contributed by atoms with E-state index in [1.54, 1.807) is 170 Å². The highest BCUT2D eigenvalue weighted by Gasteiger charge is 2.36. The first-order chi connectivity index (χ1) is 37.6. The third-order valence-corrected chi connectivity index (χ3v) is 14.9. The van der Waals surface area contributed by atoms with E-state index in [0.717, 1.165) is 11.1 Å². The molecule has 0 aliphatic rings. The van der Waals surface area contributed by atoms with Crippen LogP contribution < -0.4 is 40.7 Å². The van der Waals surface area contributed by atoms with E-state index in [0.29, 0.717) is 63.6 Å². The Labute approximate surface area is 458 Å². The second-order valence-electron chi connectivity index (χ2n) is 18.2. The minimum atomic E-state index is -3.95. The molecule has 0 aliphatic heterocycles. The van der Waals surface area contributed by atoms with Gasteiger partial charge >= 0.3 is 23.5 Å². The number of para-hydroxylation sites is 7. The lowest BCUT2D eigenvalue weighted by Gasteiger charge is -2.21. The summed E-state index contributed by atoms with van der Waals surface area (Å²) in [5.74, 6) is 4.72. The van der Waals surface area contributed by atoms with Gasteiger partial charge in [-0.1, -0.05) is 193 Å². The van der Waals surface area contributed by atoms with Crippen LogP contribution in [0.15, 0.2) is 255 Å². The maximum atomic E-state index is 13.4. The summed E-state index contributed by atoms with van der Waals surface area (Å²) in [6.07, 6.45) is 0. The second-order valence-corrected chi connectivity index (χ2v) is 22.5. The summed E-state index contributed by atoms with van der Waals surface area (Å²) in [5, 5.41) is 0. The Kier molecular flexibility index (Phi) is 20.9. The van der Waals surface area contributed by atoms with Gasteiger partial charge in [-0.3, -0.25) is 0 Å². The van der Waals surface area contributed by atoms with Gasteiger partial charge in [0.2, 0.25) is 0 Å². The molecular formula is C63H63O12P3. The predicted molar refractivity (Wildman–Crippen MR) is 309 cm³/mol. The van der Waals surface area contributed by atoms with Crippen LogP contribution in [0.3, 0.4) is 0 Å². The molecule has 0 bridgehead atoms. The van der Waals surface area contributed by atoms with E-state index in [1.165, 1.54) is 5.56 Å². The van der Waals surface area contributed by atoms with Crippen LogP contribution in [0.1, 0.15) is 76.0 Å². The number of phosphoric acid groups is 3. The molecule has 0 atom stereocenters. The molecule has 0 saturated carbocycles. The molecule has 0 fully saturated rings. The van der Waals surface area contributed by atoms with Crippen LogP contribution in [0.4, 0.5) is 0 Å². The van der Waals surface area contributed by atoms with Crippen molar-refractivity contribution >= 4 is 23.5 Å². The van der Waals surface area contributed by atoms with Gasteiger partial charge in [-0.25, -0.2) is 0 Å². The van der Waals surface area contributed by atoms with Crippen LogP contribution in [0, 0.1) is 0 Å². The fourth-order valence-electron chi connectivity index (χ4n) is 7.09. The predicted octanol–water partition coefficient (Wildman–Crippen LogP) is 19.4. The summed E-state index contributed by atoms with van der Waals surface area (Å²) in [4.78, 5) is 0. The molecule has 0 heterocycles. The SMILES string of the molecule is CC(C)c1ccc(OP(=O)(Oc2ccccc2)Oc2ccccc2)cc1.CC(C)c1cccc(OP(=O)(Oc2ccccc2)Oc2ccccc2)c1.CC(C)c1ccccc1OP(=O)(Oc1ccccc1)Oc1ccccc1. The normalized spacial score (nSPS) is 11.2. The fraction of sp³-hybridized carbons (Fsp3) is 0.143. The zero-order valence-corrected chi connectivity index (χ0v) is 46.9. The maximum absolute atomic E-state index is 13.4. The van der Waals surface area contributed by atoms with Crippen molar-refractivity contribution in [3.05, 3.63) is 271 Å². The van der Waals surface area contributed by atoms with Gasteiger partial charge in [-0.05, 0) is 138 Å². The lowest BCUT2D eigenvalue weighted by Crippen LogP contribution is -2.09. The van der Waals surface area contributed by atoms with E-state index in [1.807, 2.05) is 98.8 Å². The van der Waals surface area contributed by atoms with Crippen LogP contribution in [0.25, 0.3) is 0 Å². The molecule has 12 nitrogen and oxygen atoms in total. The van der Waals surface area contributed by atoms with Crippen LogP contribution in [-0.4, -0.2) is 0 Å². The number of phosphoric ester groups is 3. The van der Waals surface area contributed by atoms with E-state index in [9.17, 15) is 13.7 Å². The molecule has 0 aliphatic carbocycles. The highest BCUT2D eigenvalue weighted by molar-refractivity contribution is 7.50. The van der Waals surface area contributed by atoms with Crippen LogP contribution >= 0.6 is 23.5 Å². The average Bonchev–Trinajstić information content (AvgIpc) is 3.44. The smallest absolute Gasteiger partial charge is 0.386 e. The Hall–Kier alpha value is -8.13. The van der Waals surface area contributed by atoms with Crippen molar-refractivity contribution < 1.29 is 54.4 Å². The minimum absolute atomic E-state index is 0.202. The van der Waals surface area contributed by atoms with Crippen molar-refractivity contribution in [2.24, 2.45) is 0 Å². The molecule has 9 aromatic carbocycles. The molecule has 78 heavy (non-hydrogen) atoms. The van der Waals surface area contributed by atoms with Gasteiger partial charge in [0.25, 0.3) is 0 Å². The van der Waals surface area contributed by atoms with Gasteiger partial charge in [0.1, 0.15) is 51.7 Å². The van der Waals surface area contributed by atoms with Gasteiger partial charge in [-0.2, -0.15) is 13.7 Å². The summed E-state index contributed by atoms with van der Waals surface area (Å²) < 4.78 is 91.0. The molecule has 0 amide bonds. The second kappa shape index (κ2) is 28.3. The van der Waals surface area contributed by atoms with Crippen molar-refractivity contribution in [1.29, 1.82) is 0 Å². The Morgan fingerprint density at radius 1 is 0.244 bits per heavy atom. The Morgan fingerprint density at radius 3 is 0.833 bits per heavy atom. The molecule has 15 heteroatoms. The molecule has 9 rings (SSSR count). The van der Waals surface area contributed by atoms with E-state index in [4.69, 9.17) is 40.7 Å². The zero-order valence-electron chi connectivity index (χ0n) is 44.2. The Balaban J connectivity index is 0.000000170. The molecule has 402 valence electrons. The van der Waals surface area contributed by atoms with Crippen LogP contribution in [0.5, 0.6) is 51.7 Å². The molecule has 0 N–H and O–H groups in total. The Bertz CT molecular complexity index is 3200. The van der Waals surface area contributed by atoms with Crippen molar-refractivity contribution in [1.82, 2.24) is 0 Å². The van der Waals surface area contributed by atoms with Gasteiger partial charge in [0.15, 0.2) is 0 Å². The van der Waals surface area contributed by atoms with Crippen LogP contribution in [-0.2, 0) is 13.7 Å². The quantitative estimate of drug-likeness (QED) is 0.0634. The molecular weight excluding hydrogens is 1040 g/mol. The first-order valence-corrected chi connectivity index (χ1v) is 29.7. The molecule has 9 aromatic rings. The summed E-state index contributed by atoms with van der Waals surface area (Å²) in [5.41, 5.74) is 3.18. The van der Waals surface area contributed by atoms with Gasteiger partial charge in [0, 0.05) is 0 Å². The summed E-state index contributed by atoms with van der Waals surface area (Å²) in [6, 6.07) is 75.4. The Morgan fingerprint density at radius 2 is 0.513 bits per heavy atom. The van der Waals surface area contributed by atoms with Gasteiger partial charge in [-0.15, -0.1) is 0 Å². The van der Waals surface area contributed by atoms with Crippen molar-refractivity contribution in [3.63, 3.8) is 0 Å². The van der Waals surface area contributed by atoms with Gasteiger partial charge < -0.3 is 40.7 Å². The number of hydrogen-bond acceptors (Lipinski definition) is 12. The van der Waals surface area contributed by atoms with Crippen molar-refractivity contribution in [2.75, 3.05) is 0 Å². The lowest BCUT2D eigenvalue weighted by atomic mass is 10.0. The first-order valence-electron chi connectivity index (χ1n) is 25.3. The highest BCUT2D eigenvalue weighted by atomic mass is 31.2. The molecule has 0 unspecified atom stereocenters. The topological polar surface area (TPSA) is 134 Å². The van der Waals surface area contributed by atoms with E-state index < -0.39 is 23.5 Å². The van der Waals surface area contributed by atoms with Crippen molar-refractivity contribution in [3.8, 4) is 51.7 Å². The number of rotatable bonds is 21. The largest absolute Gasteiger partial charge is 0.647 e. The van der Waals surface area contributed by atoms with E-state index >= 15 is 0 Å². The standard InChI is InChI=1S/3C21H21O4P/c1-17(2)18-10-9-15-21(16-18)25-26(22,23-19-11-5-3-6-12-19)24-20-13-7-4-8-14-20;1-17(2)20-15-9-10-16-21(20)25-26(22,23-18-11-5-3-6-12-18)24-19-13-7-4-8-14-19;1-17(2)18-13-15-21(16-14-18)25-26(22,23-19-9-5-3-6-10-19)24-20-11-7-4-8-12-20/h3*3-17H,1-2H3. The zero-order chi connectivity index (χ0) is 55.2. The van der Waals surface area contributed by atoms with Crippen molar-refractivity contribution in [2.45, 2.75) is 59.3 Å². The minimum Gasteiger partial charge on any atom is -0.386 e. The van der Waals surface area contributed by atoms with Crippen LogP contribution in [0.2, 0.25) is 0 Å². The van der Waals surface area contributed by atoms with Gasteiger partial charge in [0.05, 0.1) is 0 Å². The number of benzene rings is 9. The fourth-order valence-corrected chi connectivity index (χ4v) is 10.9. The lowest BCUT2D eigenvalue weighted by molar-refractivity contribution is 0.295. The maximum Gasteiger partial charge on any atom is 0.647 e. The summed E-state index contributed by atoms with van der Waals surface area (Å²) >= 11 is 0. The third-order valence-electron chi connectivity index (χ3n) is 11.0. The highest BCUT2D eigenvalue weighted by Crippen LogP contribution is 2.53. The summed E-state index contributed by atoms with van der Waals surface area (Å²) in [7, 11) is -11.8. The first kappa shape index (κ1) is 57.6. The molecule has 0 radical (unpaired) electrons. The average molecular weight is 1110 g/mol.